The highest BCUT2D eigenvalue weighted by Crippen LogP contribution is 2.17. The molecule has 2 rings (SSSR count). The Balaban J connectivity index is 0.000000280. The van der Waals surface area contributed by atoms with Crippen LogP contribution in [-0.2, 0) is 9.47 Å². The van der Waals surface area contributed by atoms with Gasteiger partial charge in [0.25, 0.3) is 0 Å². The van der Waals surface area contributed by atoms with Gasteiger partial charge in [-0.15, -0.1) is 0 Å². The molecule has 2 aromatic rings. The molecule has 2 N–H and O–H groups in total. The van der Waals surface area contributed by atoms with Crippen LogP contribution in [0, 0.1) is 25.2 Å². The van der Waals surface area contributed by atoms with Gasteiger partial charge in [0.05, 0.1) is 24.4 Å². The Morgan fingerprint density at radius 2 is 1.29 bits per heavy atom. The minimum Gasteiger partial charge on any atom is -0.369 e. The Bertz CT molecular complexity index is 726. The maximum absolute atomic E-state index is 8.87. The van der Waals surface area contributed by atoms with Gasteiger partial charge in [0, 0.05) is 42.5 Å². The van der Waals surface area contributed by atoms with Gasteiger partial charge in [0.1, 0.15) is 11.6 Å². The molecular formula is C20H30N6O2. The number of nitrogens with zero attached hydrogens (tertiary/aromatic N) is 5. The van der Waals surface area contributed by atoms with Crippen LogP contribution in [-0.4, -0.2) is 38.7 Å². The van der Waals surface area contributed by atoms with E-state index in [1.807, 2.05) is 34.6 Å². The molecule has 8 heteroatoms. The van der Waals surface area contributed by atoms with Crippen LogP contribution in [0.15, 0.2) is 24.8 Å². The van der Waals surface area contributed by atoms with Gasteiger partial charge >= 0.3 is 0 Å². The molecule has 0 aliphatic rings. The number of nitrogens with two attached hydrogens (primary N) is 1. The van der Waals surface area contributed by atoms with E-state index in [2.05, 4.69) is 26.0 Å². The first kappa shape index (κ1) is 23.6. The lowest BCUT2D eigenvalue weighted by atomic mass is 10.2. The van der Waals surface area contributed by atoms with Crippen molar-refractivity contribution in [3.63, 3.8) is 0 Å². The molecule has 0 bridgehead atoms. The van der Waals surface area contributed by atoms with E-state index in [1.165, 1.54) is 0 Å². The molecular weight excluding hydrogens is 356 g/mol. The van der Waals surface area contributed by atoms with Crippen molar-refractivity contribution in [1.29, 1.82) is 5.26 Å². The number of nitriles is 1. The summed E-state index contributed by atoms with van der Waals surface area (Å²) in [4.78, 5) is 16.2. The normalized spacial score (nSPS) is 12.9. The third kappa shape index (κ3) is 8.48. The zero-order valence-corrected chi connectivity index (χ0v) is 17.5. The Kier molecular flexibility index (Phi) is 10.2. The van der Waals surface area contributed by atoms with Crippen LogP contribution >= 0.6 is 0 Å². The van der Waals surface area contributed by atoms with Gasteiger partial charge in [-0.25, -0.2) is 19.9 Å². The molecule has 2 aromatic heterocycles. The molecule has 8 nitrogen and oxygen atoms in total. The summed E-state index contributed by atoms with van der Waals surface area (Å²) in [6.07, 6.45) is 6.28. The van der Waals surface area contributed by atoms with Crippen LogP contribution < -0.4 is 5.73 Å². The Morgan fingerprint density at radius 1 is 0.857 bits per heavy atom. The monoisotopic (exact) mass is 386 g/mol. The van der Waals surface area contributed by atoms with Gasteiger partial charge in [-0.05, 0) is 41.5 Å². The molecule has 0 radical (unpaired) electrons. The minimum atomic E-state index is -0.574. The lowest BCUT2D eigenvalue weighted by Gasteiger charge is -2.18. The predicted molar refractivity (Wildman–Crippen MR) is 106 cm³/mol. The van der Waals surface area contributed by atoms with Crippen LogP contribution in [0.1, 0.15) is 62.7 Å². The molecule has 0 saturated heterocycles. The molecule has 0 aliphatic carbocycles. The number of aryl methyl sites for hydroxylation is 2. The SMILES string of the molecule is Cc1ncc(C(C#N)OC(C)C)cn1.Cc1ncc(C(CN)OC(C)C)cn1. The fraction of sp³-hybridized carbons (Fsp3) is 0.550. The second kappa shape index (κ2) is 12.1. The van der Waals surface area contributed by atoms with Crippen LogP contribution in [0.5, 0.6) is 0 Å². The van der Waals surface area contributed by atoms with E-state index >= 15 is 0 Å². The fourth-order valence-electron chi connectivity index (χ4n) is 2.16. The fourth-order valence-corrected chi connectivity index (χ4v) is 2.16. The second-order valence-corrected chi connectivity index (χ2v) is 6.73. The first-order valence-corrected chi connectivity index (χ1v) is 9.24. The Hall–Kier alpha value is -2.47. The zero-order chi connectivity index (χ0) is 21.1. The van der Waals surface area contributed by atoms with E-state index in [0.717, 1.165) is 11.4 Å². The average Bonchev–Trinajstić information content (AvgIpc) is 2.66. The van der Waals surface area contributed by atoms with Crippen molar-refractivity contribution in [3.8, 4) is 6.07 Å². The smallest absolute Gasteiger partial charge is 0.172 e. The van der Waals surface area contributed by atoms with E-state index in [1.54, 1.807) is 31.7 Å². The first-order valence-electron chi connectivity index (χ1n) is 9.24. The van der Waals surface area contributed by atoms with Crippen molar-refractivity contribution in [2.75, 3.05) is 6.54 Å². The largest absolute Gasteiger partial charge is 0.369 e. The number of rotatable bonds is 7. The quantitative estimate of drug-likeness (QED) is 0.771. The molecule has 0 saturated carbocycles. The maximum atomic E-state index is 8.87. The molecule has 28 heavy (non-hydrogen) atoms. The van der Waals surface area contributed by atoms with Crippen molar-refractivity contribution in [2.24, 2.45) is 5.73 Å². The molecule has 0 fully saturated rings. The third-order valence-corrected chi connectivity index (χ3v) is 3.45. The summed E-state index contributed by atoms with van der Waals surface area (Å²) in [5, 5.41) is 8.87. The van der Waals surface area contributed by atoms with Gasteiger partial charge in [0.2, 0.25) is 0 Å². The molecule has 0 aliphatic heterocycles. The maximum Gasteiger partial charge on any atom is 0.172 e. The summed E-state index contributed by atoms with van der Waals surface area (Å²) in [5.74, 6) is 1.45. The van der Waals surface area contributed by atoms with E-state index in [-0.39, 0.29) is 18.3 Å². The summed E-state index contributed by atoms with van der Waals surface area (Å²) in [5.41, 5.74) is 7.25. The lowest BCUT2D eigenvalue weighted by molar-refractivity contribution is 0.0116. The van der Waals surface area contributed by atoms with E-state index in [9.17, 15) is 0 Å². The number of hydrogen-bond donors (Lipinski definition) is 1. The van der Waals surface area contributed by atoms with Crippen LogP contribution in [0.25, 0.3) is 0 Å². The van der Waals surface area contributed by atoms with Crippen molar-refractivity contribution in [2.45, 2.75) is 66.0 Å². The zero-order valence-electron chi connectivity index (χ0n) is 17.5. The van der Waals surface area contributed by atoms with E-state index in [4.69, 9.17) is 20.5 Å². The molecule has 2 heterocycles. The summed E-state index contributed by atoms with van der Waals surface area (Å²) >= 11 is 0. The molecule has 2 atom stereocenters. The van der Waals surface area contributed by atoms with Gasteiger partial charge in [0.15, 0.2) is 6.10 Å². The summed E-state index contributed by atoms with van der Waals surface area (Å²) < 4.78 is 11.0. The number of hydrogen-bond acceptors (Lipinski definition) is 8. The van der Waals surface area contributed by atoms with Crippen molar-refractivity contribution in [1.82, 2.24) is 19.9 Å². The molecule has 0 spiro atoms. The van der Waals surface area contributed by atoms with E-state index < -0.39 is 6.10 Å². The summed E-state index contributed by atoms with van der Waals surface area (Å²) in [6.45, 7) is 11.8. The Morgan fingerprint density at radius 3 is 1.64 bits per heavy atom. The highest BCUT2D eigenvalue weighted by Gasteiger charge is 2.13. The molecule has 0 aromatic carbocycles. The third-order valence-electron chi connectivity index (χ3n) is 3.45. The van der Waals surface area contributed by atoms with E-state index in [0.29, 0.717) is 17.9 Å². The number of aromatic nitrogens is 4. The molecule has 152 valence electrons. The summed E-state index contributed by atoms with van der Waals surface area (Å²) in [6, 6.07) is 2.07. The summed E-state index contributed by atoms with van der Waals surface area (Å²) in [7, 11) is 0. The van der Waals surface area contributed by atoms with Gasteiger partial charge in [-0.3, -0.25) is 0 Å². The van der Waals surface area contributed by atoms with Crippen molar-refractivity contribution >= 4 is 0 Å². The van der Waals surface area contributed by atoms with Crippen molar-refractivity contribution < 1.29 is 9.47 Å². The van der Waals surface area contributed by atoms with Crippen LogP contribution in [0.4, 0.5) is 0 Å². The highest BCUT2D eigenvalue weighted by molar-refractivity contribution is 5.15. The molecule has 0 amide bonds. The standard InChI is InChI=1S/C10H17N3O.C10H13N3O/c2*1-7(2)14-10(4-11)9-5-12-8(3)13-6-9/h5-7,10H,4,11H2,1-3H3;5-7,10H,1-3H3. The van der Waals surface area contributed by atoms with Crippen molar-refractivity contribution in [3.05, 3.63) is 47.6 Å². The minimum absolute atomic E-state index is 0.0148. The highest BCUT2D eigenvalue weighted by atomic mass is 16.5. The Labute approximate surface area is 167 Å². The predicted octanol–water partition coefficient (Wildman–Crippen LogP) is 2.98. The average molecular weight is 387 g/mol. The van der Waals surface area contributed by atoms with Crippen LogP contribution in [0.2, 0.25) is 0 Å². The number of ether oxygens (including phenoxy) is 2. The van der Waals surface area contributed by atoms with Crippen LogP contribution in [0.3, 0.4) is 0 Å². The lowest BCUT2D eigenvalue weighted by Crippen LogP contribution is -2.19. The van der Waals surface area contributed by atoms with Gasteiger partial charge < -0.3 is 15.2 Å². The van der Waals surface area contributed by atoms with Gasteiger partial charge in [-0.2, -0.15) is 5.26 Å². The molecule has 2 unspecified atom stereocenters. The topological polar surface area (TPSA) is 120 Å². The first-order chi connectivity index (χ1) is 13.3. The van der Waals surface area contributed by atoms with Gasteiger partial charge in [-0.1, -0.05) is 0 Å². The second-order valence-electron chi connectivity index (χ2n) is 6.73.